The summed E-state index contributed by atoms with van der Waals surface area (Å²) in [6.07, 6.45) is 7.37. The predicted octanol–water partition coefficient (Wildman–Crippen LogP) is 8.28. The highest BCUT2D eigenvalue weighted by molar-refractivity contribution is 9.10. The molecule has 188 valence electrons. The van der Waals surface area contributed by atoms with Crippen LogP contribution < -0.4 is 15.4 Å². The largest absolute Gasteiger partial charge is 0.497 e. The summed E-state index contributed by atoms with van der Waals surface area (Å²) in [5.74, 6) is 3.07. The van der Waals surface area contributed by atoms with Gasteiger partial charge in [-0.1, -0.05) is 43.3 Å². The number of ether oxygens (including phenoxy) is 1. The Morgan fingerprint density at radius 3 is 2.53 bits per heavy atom. The standard InChI is InChI=1S/C32H37BrN2O/c1-32-17-16-26-25-15-13-24(36-2)18-21(25)12-14-27(26)28(32)19-23(34-22-8-4-3-5-9-22)20-31(32)35-30-11-7-6-10-29(30)33/h3-11,13,15,18,23,26-28,31,34-35H,12,14,16-17,19-20H2,1-2H3/t23-,26+,27+,28-,31-,32-/m0/s1. The second-order valence-corrected chi connectivity index (χ2v) is 12.2. The number of hydrogen-bond acceptors (Lipinski definition) is 3. The third-order valence-corrected chi connectivity index (χ3v) is 10.3. The summed E-state index contributed by atoms with van der Waals surface area (Å²) in [6.45, 7) is 2.59. The minimum atomic E-state index is 0.273. The van der Waals surface area contributed by atoms with Gasteiger partial charge < -0.3 is 15.4 Å². The number of halogens is 1. The first kappa shape index (κ1) is 23.9. The Kier molecular flexibility index (Phi) is 6.49. The first-order valence-electron chi connectivity index (χ1n) is 13.5. The van der Waals surface area contributed by atoms with Crippen LogP contribution in [-0.2, 0) is 6.42 Å². The zero-order chi connectivity index (χ0) is 24.7. The van der Waals surface area contributed by atoms with Crippen LogP contribution in [0.4, 0.5) is 11.4 Å². The van der Waals surface area contributed by atoms with E-state index in [4.69, 9.17) is 4.74 Å². The normalized spacial score (nSPS) is 30.9. The van der Waals surface area contributed by atoms with Gasteiger partial charge in [-0.15, -0.1) is 0 Å². The van der Waals surface area contributed by atoms with Crippen LogP contribution in [0.25, 0.3) is 0 Å². The number of methoxy groups -OCH3 is 1. The number of fused-ring (bicyclic) bond motifs is 5. The highest BCUT2D eigenvalue weighted by Gasteiger charge is 2.54. The number of nitrogens with one attached hydrogen (secondary N) is 2. The molecule has 0 aromatic heterocycles. The van der Waals surface area contributed by atoms with Crippen LogP contribution in [0, 0.1) is 17.3 Å². The van der Waals surface area contributed by atoms with Crippen LogP contribution in [0.5, 0.6) is 5.75 Å². The minimum Gasteiger partial charge on any atom is -0.497 e. The smallest absolute Gasteiger partial charge is 0.119 e. The van der Waals surface area contributed by atoms with Crippen molar-refractivity contribution in [3.8, 4) is 5.75 Å². The summed E-state index contributed by atoms with van der Waals surface area (Å²) in [5, 5.41) is 7.95. The van der Waals surface area contributed by atoms with Gasteiger partial charge in [-0.2, -0.15) is 0 Å². The quantitative estimate of drug-likeness (QED) is 0.339. The molecule has 3 aromatic carbocycles. The molecule has 0 radical (unpaired) electrons. The summed E-state index contributed by atoms with van der Waals surface area (Å²) in [7, 11) is 1.78. The van der Waals surface area contributed by atoms with Gasteiger partial charge in [-0.25, -0.2) is 0 Å². The molecule has 0 bridgehead atoms. The van der Waals surface area contributed by atoms with E-state index in [-0.39, 0.29) is 5.41 Å². The van der Waals surface area contributed by atoms with Crippen LogP contribution in [0.15, 0.2) is 77.3 Å². The molecule has 0 spiro atoms. The fourth-order valence-electron chi connectivity index (χ4n) is 7.74. The molecule has 0 saturated heterocycles. The average Bonchev–Trinajstić information content (AvgIpc) is 2.90. The van der Waals surface area contributed by atoms with Gasteiger partial charge >= 0.3 is 0 Å². The second-order valence-electron chi connectivity index (χ2n) is 11.4. The van der Waals surface area contributed by atoms with Crippen LogP contribution >= 0.6 is 15.9 Å². The van der Waals surface area contributed by atoms with E-state index in [1.807, 2.05) is 0 Å². The van der Waals surface area contributed by atoms with Gasteiger partial charge in [0.25, 0.3) is 0 Å². The molecule has 4 heteroatoms. The molecule has 0 unspecified atom stereocenters. The molecule has 6 atom stereocenters. The average molecular weight is 546 g/mol. The maximum Gasteiger partial charge on any atom is 0.119 e. The molecule has 36 heavy (non-hydrogen) atoms. The first-order chi connectivity index (χ1) is 17.5. The molecule has 0 amide bonds. The van der Waals surface area contributed by atoms with Gasteiger partial charge in [0.2, 0.25) is 0 Å². The van der Waals surface area contributed by atoms with E-state index in [1.165, 1.54) is 49.0 Å². The van der Waals surface area contributed by atoms with Crippen LogP contribution in [0.2, 0.25) is 0 Å². The maximum absolute atomic E-state index is 5.55. The fourth-order valence-corrected chi connectivity index (χ4v) is 8.14. The van der Waals surface area contributed by atoms with Crippen molar-refractivity contribution in [1.82, 2.24) is 0 Å². The van der Waals surface area contributed by atoms with Gasteiger partial charge in [-0.3, -0.25) is 0 Å². The van der Waals surface area contributed by atoms with E-state index in [2.05, 4.69) is 106 Å². The summed E-state index contributed by atoms with van der Waals surface area (Å²) in [4.78, 5) is 0. The maximum atomic E-state index is 5.55. The molecule has 2 fully saturated rings. The Labute approximate surface area is 224 Å². The third kappa shape index (κ3) is 4.32. The highest BCUT2D eigenvalue weighted by atomic mass is 79.9. The van der Waals surface area contributed by atoms with Crippen molar-refractivity contribution in [3.63, 3.8) is 0 Å². The Bertz CT molecular complexity index is 1210. The van der Waals surface area contributed by atoms with Crippen molar-refractivity contribution < 1.29 is 4.74 Å². The number of benzene rings is 3. The van der Waals surface area contributed by atoms with E-state index in [9.17, 15) is 0 Å². The summed E-state index contributed by atoms with van der Waals surface area (Å²) in [6, 6.07) is 27.1. The zero-order valence-corrected chi connectivity index (χ0v) is 22.9. The topological polar surface area (TPSA) is 33.3 Å². The fraction of sp³-hybridized carbons (Fsp3) is 0.438. The van der Waals surface area contributed by atoms with Crippen LogP contribution in [-0.4, -0.2) is 19.2 Å². The predicted molar refractivity (Wildman–Crippen MR) is 153 cm³/mol. The van der Waals surface area contributed by atoms with Crippen molar-refractivity contribution in [1.29, 1.82) is 0 Å². The monoisotopic (exact) mass is 544 g/mol. The summed E-state index contributed by atoms with van der Waals surface area (Å²) >= 11 is 3.79. The molecular weight excluding hydrogens is 508 g/mol. The molecule has 3 aliphatic carbocycles. The van der Waals surface area contributed by atoms with Gasteiger partial charge in [0.1, 0.15) is 5.75 Å². The lowest BCUT2D eigenvalue weighted by Gasteiger charge is -2.59. The van der Waals surface area contributed by atoms with Crippen LogP contribution in [0.3, 0.4) is 0 Å². The van der Waals surface area contributed by atoms with Crippen molar-refractivity contribution in [2.75, 3.05) is 17.7 Å². The third-order valence-electron chi connectivity index (χ3n) is 9.57. The van der Waals surface area contributed by atoms with E-state index >= 15 is 0 Å². The van der Waals surface area contributed by atoms with Gasteiger partial charge in [0.05, 0.1) is 7.11 Å². The Hall–Kier alpha value is -2.46. The van der Waals surface area contributed by atoms with E-state index in [0.29, 0.717) is 23.9 Å². The van der Waals surface area contributed by atoms with Crippen molar-refractivity contribution in [3.05, 3.63) is 88.4 Å². The number of aryl methyl sites for hydroxylation is 1. The molecule has 3 aromatic rings. The molecule has 2 saturated carbocycles. The van der Waals surface area contributed by atoms with Gasteiger partial charge in [0, 0.05) is 27.9 Å². The first-order valence-corrected chi connectivity index (χ1v) is 14.3. The van der Waals surface area contributed by atoms with E-state index < -0.39 is 0 Å². The summed E-state index contributed by atoms with van der Waals surface area (Å²) in [5.41, 5.74) is 5.82. The van der Waals surface area contributed by atoms with Crippen molar-refractivity contribution >= 4 is 27.3 Å². The Morgan fingerprint density at radius 1 is 0.917 bits per heavy atom. The van der Waals surface area contributed by atoms with Gasteiger partial charge in [-0.05, 0) is 125 Å². The molecule has 3 aliphatic rings. The molecule has 6 rings (SSSR count). The van der Waals surface area contributed by atoms with E-state index in [0.717, 1.165) is 22.6 Å². The number of rotatable bonds is 5. The van der Waals surface area contributed by atoms with Crippen molar-refractivity contribution in [2.24, 2.45) is 17.3 Å². The lowest BCUT2D eigenvalue weighted by Crippen LogP contribution is -2.57. The SMILES string of the molecule is COc1ccc2c(c1)CC[C@@H]1[C@@H]2CC[C@]2(C)[C@@H](Nc3ccccc3Br)C[C@@H](Nc3ccccc3)C[C@@H]12. The Morgan fingerprint density at radius 2 is 1.72 bits per heavy atom. The van der Waals surface area contributed by atoms with Crippen molar-refractivity contribution in [2.45, 2.75) is 63.5 Å². The Balaban J connectivity index is 1.33. The molecule has 2 N–H and O–H groups in total. The molecular formula is C32H37BrN2O. The number of hydrogen-bond donors (Lipinski definition) is 2. The summed E-state index contributed by atoms with van der Waals surface area (Å²) < 4.78 is 6.70. The lowest BCUT2D eigenvalue weighted by atomic mass is 9.48. The second kappa shape index (κ2) is 9.78. The number of anilines is 2. The van der Waals surface area contributed by atoms with E-state index in [1.54, 1.807) is 12.7 Å². The minimum absolute atomic E-state index is 0.273. The molecule has 0 aliphatic heterocycles. The van der Waals surface area contributed by atoms with Crippen LogP contribution in [0.1, 0.15) is 56.1 Å². The lowest BCUT2D eigenvalue weighted by molar-refractivity contribution is -0.0178. The number of para-hydroxylation sites is 2. The molecule has 0 heterocycles. The highest BCUT2D eigenvalue weighted by Crippen LogP contribution is 2.60. The zero-order valence-electron chi connectivity index (χ0n) is 21.3. The molecule has 3 nitrogen and oxygen atoms in total. The van der Waals surface area contributed by atoms with Gasteiger partial charge in [0.15, 0.2) is 0 Å².